The molecule has 114 valence electrons. The van der Waals surface area contributed by atoms with Crippen LogP contribution in [0, 0.1) is 0 Å². The highest BCUT2D eigenvalue weighted by atomic mass is 16.5. The molecule has 0 radical (unpaired) electrons. The Labute approximate surface area is 128 Å². The zero-order chi connectivity index (χ0) is 14.9. The van der Waals surface area contributed by atoms with Crippen molar-refractivity contribution in [3.05, 3.63) is 30.1 Å². The van der Waals surface area contributed by atoms with Crippen LogP contribution in [0.5, 0.6) is 0 Å². The van der Waals surface area contributed by atoms with E-state index < -0.39 is 0 Å². The van der Waals surface area contributed by atoms with Crippen molar-refractivity contribution in [2.45, 2.75) is 32.3 Å². The second-order valence-corrected chi connectivity index (χ2v) is 5.73. The molecule has 3 heterocycles. The maximum atomic E-state index is 6.00. The lowest BCUT2D eigenvalue weighted by Gasteiger charge is -2.07. The highest BCUT2D eigenvalue weighted by molar-refractivity contribution is 6.04. The summed E-state index contributed by atoms with van der Waals surface area (Å²) in [5.41, 5.74) is 2.57. The second-order valence-electron chi connectivity index (χ2n) is 5.73. The summed E-state index contributed by atoms with van der Waals surface area (Å²) in [5, 5.41) is 3.20. The topological polar surface area (TPSA) is 64.8 Å². The number of quaternary nitrogens is 1. The van der Waals surface area contributed by atoms with Crippen LogP contribution in [0.15, 0.2) is 28.7 Å². The van der Waals surface area contributed by atoms with Gasteiger partial charge in [-0.05, 0) is 25.0 Å². The van der Waals surface area contributed by atoms with Gasteiger partial charge in [0.25, 0.3) is 5.82 Å². The molecule has 1 aromatic carbocycles. The van der Waals surface area contributed by atoms with Gasteiger partial charge < -0.3 is 9.15 Å². The summed E-state index contributed by atoms with van der Waals surface area (Å²) in [6.45, 7) is 3.84. The summed E-state index contributed by atoms with van der Waals surface area (Å²) < 4.78 is 11.7. The van der Waals surface area contributed by atoms with E-state index in [4.69, 9.17) is 9.15 Å². The third kappa shape index (κ3) is 2.36. The van der Waals surface area contributed by atoms with Gasteiger partial charge in [0.15, 0.2) is 0 Å². The average Bonchev–Trinajstić information content (AvgIpc) is 3.20. The van der Waals surface area contributed by atoms with Gasteiger partial charge >= 0.3 is 0 Å². The lowest BCUT2D eigenvalue weighted by atomic mass is 10.2. The minimum atomic E-state index is 0.319. The Balaban J connectivity index is 1.77. The van der Waals surface area contributed by atoms with E-state index >= 15 is 0 Å². The van der Waals surface area contributed by atoms with E-state index in [-0.39, 0.29) is 0 Å². The second kappa shape index (κ2) is 5.66. The van der Waals surface area contributed by atoms with Crippen molar-refractivity contribution in [2.24, 2.45) is 0 Å². The number of benzene rings is 1. The number of rotatable bonds is 4. The monoisotopic (exact) mass is 298 g/mol. The molecule has 1 unspecified atom stereocenters. The number of para-hydroxylation sites is 1. The molecule has 0 aliphatic carbocycles. The summed E-state index contributed by atoms with van der Waals surface area (Å²) in [6.07, 6.45) is 3.42. The van der Waals surface area contributed by atoms with Crippen LogP contribution in [-0.4, -0.2) is 29.2 Å². The van der Waals surface area contributed by atoms with E-state index in [1.165, 1.54) is 0 Å². The fourth-order valence-corrected chi connectivity index (χ4v) is 3.03. The molecule has 2 aromatic heterocycles. The summed E-state index contributed by atoms with van der Waals surface area (Å²) >= 11 is 0. The van der Waals surface area contributed by atoms with Gasteiger partial charge in [0, 0.05) is 18.4 Å². The predicted octanol–water partition coefficient (Wildman–Crippen LogP) is 2.31. The normalized spacial score (nSPS) is 18.5. The molecule has 0 bridgehead atoms. The van der Waals surface area contributed by atoms with Crippen molar-refractivity contribution in [3.63, 3.8) is 0 Å². The van der Waals surface area contributed by atoms with Crippen LogP contribution < -0.4 is 5.32 Å². The largest absolute Gasteiger partial charge is 0.446 e. The van der Waals surface area contributed by atoms with Gasteiger partial charge in [-0.2, -0.15) is 4.98 Å². The van der Waals surface area contributed by atoms with E-state index in [9.17, 15) is 0 Å². The minimum absolute atomic E-state index is 0.319. The van der Waals surface area contributed by atoms with Crippen LogP contribution in [0.1, 0.15) is 25.6 Å². The maximum absolute atomic E-state index is 6.00. The van der Waals surface area contributed by atoms with Crippen molar-refractivity contribution < 1.29 is 14.5 Å². The lowest BCUT2D eigenvalue weighted by molar-refractivity contribution is -0.582. The molecule has 1 aliphatic heterocycles. The number of ether oxygens (including phenoxy) is 1. The van der Waals surface area contributed by atoms with E-state index in [2.05, 4.69) is 28.3 Å². The van der Waals surface area contributed by atoms with Crippen molar-refractivity contribution in [1.82, 2.24) is 9.97 Å². The first-order chi connectivity index (χ1) is 10.8. The molecule has 1 aliphatic rings. The van der Waals surface area contributed by atoms with Gasteiger partial charge in [-0.3, -0.25) is 5.32 Å². The molecular weight excluding hydrogens is 278 g/mol. The number of nitrogens with zero attached hydrogens (tertiary/aromatic N) is 2. The number of furan rings is 1. The molecular formula is C17H20N3O2+. The van der Waals surface area contributed by atoms with Gasteiger partial charge in [0.2, 0.25) is 5.58 Å². The van der Waals surface area contributed by atoms with Crippen LogP contribution in [0.25, 0.3) is 22.1 Å². The fraction of sp³-hybridized carbons (Fsp3) is 0.412. The molecule has 22 heavy (non-hydrogen) atoms. The highest BCUT2D eigenvalue weighted by Gasteiger charge is 2.21. The van der Waals surface area contributed by atoms with Crippen LogP contribution in [0.3, 0.4) is 0 Å². The summed E-state index contributed by atoms with van der Waals surface area (Å²) in [5.74, 6) is 1.76. The Bertz CT molecular complexity index is 806. The van der Waals surface area contributed by atoms with E-state index in [1.54, 1.807) is 0 Å². The molecule has 4 rings (SSSR count). The standard InChI is InChI=1S/C17H19N3O2/c1-2-14-19-15-12-7-3-4-8-13(12)22-16(15)17(20-14)18-10-11-6-5-9-21-11/h3-4,7-8,11H,2,5-6,9-10H2,1H3,(H,18,19,20)/p+1. The molecule has 1 fully saturated rings. The van der Waals surface area contributed by atoms with Crippen LogP contribution >= 0.6 is 0 Å². The first-order valence-corrected chi connectivity index (χ1v) is 7.98. The predicted molar refractivity (Wildman–Crippen MR) is 84.1 cm³/mol. The molecule has 0 saturated carbocycles. The molecule has 5 nitrogen and oxygen atoms in total. The van der Waals surface area contributed by atoms with Crippen molar-refractivity contribution in [3.8, 4) is 0 Å². The zero-order valence-electron chi connectivity index (χ0n) is 12.7. The Morgan fingerprint density at radius 3 is 3.00 bits per heavy atom. The third-order valence-corrected chi connectivity index (χ3v) is 4.21. The minimum Gasteiger partial charge on any atom is -0.446 e. The quantitative estimate of drug-likeness (QED) is 0.803. The van der Waals surface area contributed by atoms with Crippen molar-refractivity contribution in [2.75, 3.05) is 13.2 Å². The third-order valence-electron chi connectivity index (χ3n) is 4.21. The average molecular weight is 298 g/mol. The fourth-order valence-electron chi connectivity index (χ4n) is 3.03. The van der Waals surface area contributed by atoms with Gasteiger partial charge in [0.05, 0.1) is 0 Å². The smallest absolute Gasteiger partial charge is 0.272 e. The molecule has 3 aromatic rings. The number of aryl methyl sites for hydroxylation is 1. The first kappa shape index (κ1) is 13.7. The Kier molecular flexibility index (Phi) is 3.52. The number of hydrogen-bond donors (Lipinski definition) is 1. The van der Waals surface area contributed by atoms with Crippen molar-refractivity contribution in [1.29, 1.82) is 0 Å². The number of fused-ring (bicyclic) bond motifs is 3. The maximum Gasteiger partial charge on any atom is 0.272 e. The van der Waals surface area contributed by atoms with Gasteiger partial charge in [0.1, 0.15) is 29.6 Å². The number of aromatic nitrogens is 2. The SMILES string of the molecule is CCc1nc([NH2+]CC2CCCO2)c2oc3ccccc3c2n1. The Morgan fingerprint density at radius 1 is 1.27 bits per heavy atom. The molecule has 2 N–H and O–H groups in total. The molecule has 0 spiro atoms. The van der Waals surface area contributed by atoms with Gasteiger partial charge in [-0.1, -0.05) is 19.1 Å². The first-order valence-electron chi connectivity index (χ1n) is 7.98. The van der Waals surface area contributed by atoms with Crippen LogP contribution in [0.4, 0.5) is 5.82 Å². The highest BCUT2D eigenvalue weighted by Crippen LogP contribution is 2.29. The summed E-state index contributed by atoms with van der Waals surface area (Å²) in [7, 11) is 0. The number of nitrogens with two attached hydrogens (primary N) is 1. The summed E-state index contributed by atoms with van der Waals surface area (Å²) in [6, 6.07) is 8.03. The molecule has 1 atom stereocenters. The Morgan fingerprint density at radius 2 is 2.18 bits per heavy atom. The lowest BCUT2D eigenvalue weighted by Crippen LogP contribution is -2.81. The van der Waals surface area contributed by atoms with Crippen LogP contribution in [0.2, 0.25) is 0 Å². The van der Waals surface area contributed by atoms with Gasteiger partial charge in [-0.25, -0.2) is 4.98 Å². The van der Waals surface area contributed by atoms with Crippen LogP contribution in [-0.2, 0) is 11.2 Å². The Hall–Kier alpha value is -1.98. The number of hydrogen-bond acceptors (Lipinski definition) is 4. The molecule has 0 amide bonds. The van der Waals surface area contributed by atoms with Gasteiger partial charge in [-0.15, -0.1) is 0 Å². The zero-order valence-corrected chi connectivity index (χ0v) is 12.7. The van der Waals surface area contributed by atoms with E-state index in [1.807, 2.05) is 18.2 Å². The summed E-state index contributed by atoms with van der Waals surface area (Å²) in [4.78, 5) is 9.33. The van der Waals surface area contributed by atoms with E-state index in [0.717, 1.165) is 66.1 Å². The molecule has 5 heteroatoms. The van der Waals surface area contributed by atoms with E-state index in [0.29, 0.717) is 6.10 Å². The molecule has 1 saturated heterocycles. The van der Waals surface area contributed by atoms with Crippen molar-refractivity contribution >= 4 is 27.9 Å².